The van der Waals surface area contributed by atoms with Crippen molar-refractivity contribution in [2.45, 2.75) is 58.5 Å². The molecule has 0 bridgehead atoms. The van der Waals surface area contributed by atoms with Gasteiger partial charge in [-0.25, -0.2) is 0 Å². The van der Waals surface area contributed by atoms with Gasteiger partial charge >= 0.3 is 0 Å². The van der Waals surface area contributed by atoms with Gasteiger partial charge in [0.2, 0.25) is 0 Å². The van der Waals surface area contributed by atoms with Gasteiger partial charge in [-0.3, -0.25) is 0 Å². The fraction of sp³-hybridized carbons (Fsp3) is 0.667. The Morgan fingerprint density at radius 3 is 2.60 bits per heavy atom. The first-order valence-corrected chi connectivity index (χ1v) is 8.23. The zero-order valence-corrected chi connectivity index (χ0v) is 13.4. The quantitative estimate of drug-likeness (QED) is 0.782. The number of hydrogen-bond donors (Lipinski definition) is 1. The molecule has 1 aromatic carbocycles. The molecule has 1 aromatic rings. The standard InChI is InChI=1S/C18H30N2/c1-4-12-19-14-16-8-10-17(11-9-16)20(3)18-7-5-6-15(2)13-18/h8-11,15,18-19H,4-7,12-14H2,1-3H3. The lowest BCUT2D eigenvalue weighted by atomic mass is 9.86. The SMILES string of the molecule is CCCNCc1ccc(N(C)C2CCCC(C)C2)cc1. The van der Waals surface area contributed by atoms with Gasteiger partial charge in [0.25, 0.3) is 0 Å². The molecule has 0 saturated heterocycles. The molecule has 0 amide bonds. The van der Waals surface area contributed by atoms with E-state index in [4.69, 9.17) is 0 Å². The molecule has 0 aliphatic heterocycles. The maximum Gasteiger partial charge on any atom is 0.0366 e. The van der Waals surface area contributed by atoms with Crippen LogP contribution in [0.5, 0.6) is 0 Å². The Balaban J connectivity index is 1.91. The summed E-state index contributed by atoms with van der Waals surface area (Å²) in [6.07, 6.45) is 6.68. The maximum absolute atomic E-state index is 3.46. The summed E-state index contributed by atoms with van der Waals surface area (Å²) in [5, 5.41) is 3.46. The maximum atomic E-state index is 3.46. The normalized spacial score (nSPS) is 22.8. The fourth-order valence-corrected chi connectivity index (χ4v) is 3.22. The molecule has 1 aliphatic carbocycles. The summed E-state index contributed by atoms with van der Waals surface area (Å²) in [5.41, 5.74) is 2.75. The molecule has 2 nitrogen and oxygen atoms in total. The summed E-state index contributed by atoms with van der Waals surface area (Å²) in [4.78, 5) is 2.49. The Hall–Kier alpha value is -1.02. The molecule has 1 fully saturated rings. The highest BCUT2D eigenvalue weighted by Gasteiger charge is 2.22. The third kappa shape index (κ3) is 4.24. The van der Waals surface area contributed by atoms with Crippen molar-refractivity contribution in [3.63, 3.8) is 0 Å². The van der Waals surface area contributed by atoms with E-state index < -0.39 is 0 Å². The van der Waals surface area contributed by atoms with Gasteiger partial charge in [-0.1, -0.05) is 38.8 Å². The van der Waals surface area contributed by atoms with Crippen LogP contribution in [0, 0.1) is 5.92 Å². The third-order valence-electron chi connectivity index (χ3n) is 4.56. The Kier molecular flexibility index (Phi) is 5.90. The van der Waals surface area contributed by atoms with E-state index >= 15 is 0 Å². The lowest BCUT2D eigenvalue weighted by molar-refractivity contribution is 0.336. The number of nitrogens with one attached hydrogen (secondary N) is 1. The van der Waals surface area contributed by atoms with E-state index in [1.807, 2.05) is 0 Å². The zero-order valence-electron chi connectivity index (χ0n) is 13.4. The molecule has 0 heterocycles. The summed E-state index contributed by atoms with van der Waals surface area (Å²) in [6, 6.07) is 9.81. The molecule has 1 aliphatic rings. The van der Waals surface area contributed by atoms with Crippen molar-refractivity contribution >= 4 is 5.69 Å². The number of hydrogen-bond acceptors (Lipinski definition) is 2. The van der Waals surface area contributed by atoms with Crippen molar-refractivity contribution in [2.24, 2.45) is 5.92 Å². The Bertz CT molecular complexity index is 385. The van der Waals surface area contributed by atoms with Crippen LogP contribution in [0.3, 0.4) is 0 Å². The van der Waals surface area contributed by atoms with Gasteiger partial charge in [0.05, 0.1) is 0 Å². The van der Waals surface area contributed by atoms with Crippen molar-refractivity contribution in [2.75, 3.05) is 18.5 Å². The van der Waals surface area contributed by atoms with Crippen LogP contribution in [0.15, 0.2) is 24.3 Å². The molecule has 2 rings (SSSR count). The molecule has 2 unspecified atom stereocenters. The predicted octanol–water partition coefficient (Wildman–Crippen LogP) is 4.20. The van der Waals surface area contributed by atoms with Gasteiger partial charge in [-0.2, -0.15) is 0 Å². The Morgan fingerprint density at radius 1 is 1.20 bits per heavy atom. The molecule has 0 aromatic heterocycles. The number of benzene rings is 1. The fourth-order valence-electron chi connectivity index (χ4n) is 3.22. The number of rotatable bonds is 6. The van der Waals surface area contributed by atoms with E-state index in [0.717, 1.165) is 25.0 Å². The molecule has 1 saturated carbocycles. The second-order valence-electron chi connectivity index (χ2n) is 6.38. The van der Waals surface area contributed by atoms with E-state index in [-0.39, 0.29) is 0 Å². The average molecular weight is 274 g/mol. The van der Waals surface area contributed by atoms with Crippen LogP contribution < -0.4 is 10.2 Å². The van der Waals surface area contributed by atoms with E-state index in [1.165, 1.54) is 43.4 Å². The highest BCUT2D eigenvalue weighted by molar-refractivity contribution is 5.48. The molecule has 2 heteroatoms. The summed E-state index contributed by atoms with van der Waals surface area (Å²) < 4.78 is 0. The van der Waals surface area contributed by atoms with Gasteiger partial charge in [0.15, 0.2) is 0 Å². The number of anilines is 1. The van der Waals surface area contributed by atoms with Crippen molar-refractivity contribution in [3.05, 3.63) is 29.8 Å². The van der Waals surface area contributed by atoms with Crippen molar-refractivity contribution in [1.82, 2.24) is 5.32 Å². The molecule has 2 atom stereocenters. The van der Waals surface area contributed by atoms with Crippen LogP contribution in [-0.2, 0) is 6.54 Å². The van der Waals surface area contributed by atoms with Crippen LogP contribution in [0.4, 0.5) is 5.69 Å². The van der Waals surface area contributed by atoms with Crippen LogP contribution in [-0.4, -0.2) is 19.6 Å². The molecular weight excluding hydrogens is 244 g/mol. The predicted molar refractivity (Wildman–Crippen MR) is 88.3 cm³/mol. The highest BCUT2D eigenvalue weighted by atomic mass is 15.1. The smallest absolute Gasteiger partial charge is 0.0366 e. The topological polar surface area (TPSA) is 15.3 Å². The summed E-state index contributed by atoms with van der Waals surface area (Å²) in [5.74, 6) is 0.883. The lowest BCUT2D eigenvalue weighted by Gasteiger charge is -2.35. The van der Waals surface area contributed by atoms with Gasteiger partial charge in [0.1, 0.15) is 0 Å². The minimum atomic E-state index is 0.725. The van der Waals surface area contributed by atoms with Crippen LogP contribution >= 0.6 is 0 Å². The monoisotopic (exact) mass is 274 g/mol. The van der Waals surface area contributed by atoms with Crippen LogP contribution in [0.2, 0.25) is 0 Å². The summed E-state index contributed by atoms with van der Waals surface area (Å²) in [7, 11) is 2.26. The molecule has 20 heavy (non-hydrogen) atoms. The van der Waals surface area contributed by atoms with Crippen LogP contribution in [0.25, 0.3) is 0 Å². The van der Waals surface area contributed by atoms with Gasteiger partial charge in [0, 0.05) is 25.3 Å². The summed E-state index contributed by atoms with van der Waals surface area (Å²) in [6.45, 7) is 6.68. The molecule has 1 N–H and O–H groups in total. The van der Waals surface area contributed by atoms with Crippen molar-refractivity contribution in [3.8, 4) is 0 Å². The average Bonchev–Trinajstić information content (AvgIpc) is 2.47. The highest BCUT2D eigenvalue weighted by Crippen LogP contribution is 2.29. The van der Waals surface area contributed by atoms with Gasteiger partial charge in [-0.05, 0) is 49.4 Å². The van der Waals surface area contributed by atoms with Gasteiger partial charge in [-0.15, -0.1) is 0 Å². The minimum Gasteiger partial charge on any atom is -0.372 e. The Labute approximate surface area is 124 Å². The zero-order chi connectivity index (χ0) is 14.4. The summed E-state index contributed by atoms with van der Waals surface area (Å²) >= 11 is 0. The molecule has 112 valence electrons. The van der Waals surface area contributed by atoms with E-state index in [0.29, 0.717) is 0 Å². The van der Waals surface area contributed by atoms with Crippen LogP contribution in [0.1, 0.15) is 51.5 Å². The molecule has 0 radical (unpaired) electrons. The van der Waals surface area contributed by atoms with Gasteiger partial charge < -0.3 is 10.2 Å². The van der Waals surface area contributed by atoms with E-state index in [2.05, 4.69) is 55.4 Å². The third-order valence-corrected chi connectivity index (χ3v) is 4.56. The second kappa shape index (κ2) is 7.68. The minimum absolute atomic E-state index is 0.725. The van der Waals surface area contributed by atoms with Crippen molar-refractivity contribution in [1.29, 1.82) is 0 Å². The number of nitrogens with zero attached hydrogens (tertiary/aromatic N) is 1. The largest absolute Gasteiger partial charge is 0.372 e. The first-order chi connectivity index (χ1) is 9.70. The Morgan fingerprint density at radius 2 is 1.95 bits per heavy atom. The van der Waals surface area contributed by atoms with E-state index in [1.54, 1.807) is 0 Å². The first-order valence-electron chi connectivity index (χ1n) is 8.23. The molecule has 0 spiro atoms. The lowest BCUT2D eigenvalue weighted by Crippen LogP contribution is -2.35. The van der Waals surface area contributed by atoms with Crippen molar-refractivity contribution < 1.29 is 0 Å². The van der Waals surface area contributed by atoms with E-state index in [9.17, 15) is 0 Å². The molecular formula is C18H30N2. The first kappa shape index (κ1) is 15.4. The second-order valence-corrected chi connectivity index (χ2v) is 6.38.